The van der Waals surface area contributed by atoms with Crippen LogP contribution >= 0.6 is 0 Å². The van der Waals surface area contributed by atoms with E-state index >= 15 is 0 Å². The van der Waals surface area contributed by atoms with Crippen LogP contribution in [0.1, 0.15) is 28.4 Å². The van der Waals surface area contributed by atoms with Crippen LogP contribution < -0.4 is 5.73 Å². The van der Waals surface area contributed by atoms with Crippen LogP contribution in [0.4, 0.5) is 0 Å². The number of imidazole rings is 1. The number of benzene rings is 1. The second-order valence-corrected chi connectivity index (χ2v) is 5.14. The maximum atomic E-state index is 6.38. The molecule has 1 atom stereocenters. The summed E-state index contributed by atoms with van der Waals surface area (Å²) in [5, 5.41) is 0. The first-order valence-electron chi connectivity index (χ1n) is 6.96. The molecule has 1 unspecified atom stereocenters. The molecule has 3 aromatic rings. The van der Waals surface area contributed by atoms with Crippen molar-refractivity contribution in [2.45, 2.75) is 19.5 Å². The Kier molecular flexibility index (Phi) is 3.79. The van der Waals surface area contributed by atoms with Crippen LogP contribution in [0.5, 0.6) is 0 Å². The molecule has 0 saturated carbocycles. The highest BCUT2D eigenvalue weighted by Crippen LogP contribution is 2.20. The van der Waals surface area contributed by atoms with Gasteiger partial charge >= 0.3 is 0 Å². The van der Waals surface area contributed by atoms with E-state index in [2.05, 4.69) is 21.5 Å². The SMILES string of the molecule is Cc1ccncc1Cn1cncc1C(N)c1ccccc1. The van der Waals surface area contributed by atoms with Crippen LogP contribution in [0, 0.1) is 6.92 Å². The molecule has 2 heterocycles. The molecule has 2 aromatic heterocycles. The molecular weight excluding hydrogens is 260 g/mol. The fraction of sp³-hybridized carbons (Fsp3) is 0.176. The van der Waals surface area contributed by atoms with Crippen molar-refractivity contribution in [3.63, 3.8) is 0 Å². The minimum Gasteiger partial charge on any atom is -0.328 e. The number of nitrogens with two attached hydrogens (primary N) is 1. The Balaban J connectivity index is 1.89. The van der Waals surface area contributed by atoms with Gasteiger partial charge in [0.15, 0.2) is 0 Å². The first-order valence-corrected chi connectivity index (χ1v) is 6.96. The van der Waals surface area contributed by atoms with E-state index in [9.17, 15) is 0 Å². The van der Waals surface area contributed by atoms with Gasteiger partial charge in [0.2, 0.25) is 0 Å². The Bertz CT molecular complexity index is 718. The van der Waals surface area contributed by atoms with Gasteiger partial charge in [-0.25, -0.2) is 4.98 Å². The number of aromatic nitrogens is 3. The molecule has 21 heavy (non-hydrogen) atoms. The van der Waals surface area contributed by atoms with Crippen LogP contribution in [0.3, 0.4) is 0 Å². The summed E-state index contributed by atoms with van der Waals surface area (Å²) in [6.45, 7) is 2.82. The van der Waals surface area contributed by atoms with Gasteiger partial charge in [0.05, 0.1) is 30.8 Å². The van der Waals surface area contributed by atoms with E-state index in [0.717, 1.165) is 17.8 Å². The molecule has 4 nitrogen and oxygen atoms in total. The lowest BCUT2D eigenvalue weighted by Gasteiger charge is -2.15. The lowest BCUT2D eigenvalue weighted by molar-refractivity contribution is 0.692. The molecule has 0 amide bonds. The smallest absolute Gasteiger partial charge is 0.0951 e. The third kappa shape index (κ3) is 2.85. The topological polar surface area (TPSA) is 56.7 Å². The average molecular weight is 278 g/mol. The quantitative estimate of drug-likeness (QED) is 0.798. The lowest BCUT2D eigenvalue weighted by Crippen LogP contribution is -2.17. The summed E-state index contributed by atoms with van der Waals surface area (Å²) >= 11 is 0. The number of nitrogens with zero attached hydrogens (tertiary/aromatic N) is 3. The second-order valence-electron chi connectivity index (χ2n) is 5.14. The van der Waals surface area contributed by atoms with Gasteiger partial charge in [-0.15, -0.1) is 0 Å². The first-order chi connectivity index (χ1) is 10.3. The average Bonchev–Trinajstić information content (AvgIpc) is 2.98. The molecule has 3 rings (SSSR count). The number of aryl methyl sites for hydroxylation is 1. The van der Waals surface area contributed by atoms with E-state index in [4.69, 9.17) is 5.73 Å². The molecular formula is C17H18N4. The van der Waals surface area contributed by atoms with Gasteiger partial charge < -0.3 is 10.3 Å². The van der Waals surface area contributed by atoms with Gasteiger partial charge in [0, 0.05) is 12.4 Å². The Morgan fingerprint density at radius 3 is 2.67 bits per heavy atom. The standard InChI is InChI=1S/C17H18N4/c1-13-7-8-19-9-15(13)11-21-12-20-10-16(21)17(18)14-5-3-2-4-6-14/h2-10,12,17H,11,18H2,1H3. The van der Waals surface area contributed by atoms with Crippen molar-refractivity contribution in [3.05, 3.63) is 83.7 Å². The van der Waals surface area contributed by atoms with Gasteiger partial charge in [-0.3, -0.25) is 4.98 Å². The summed E-state index contributed by atoms with van der Waals surface area (Å²) < 4.78 is 2.08. The third-order valence-corrected chi connectivity index (χ3v) is 3.71. The number of hydrogen-bond donors (Lipinski definition) is 1. The van der Waals surface area contributed by atoms with Crippen molar-refractivity contribution in [2.24, 2.45) is 5.73 Å². The highest BCUT2D eigenvalue weighted by atomic mass is 15.1. The monoisotopic (exact) mass is 278 g/mol. The van der Waals surface area contributed by atoms with Crippen LogP contribution in [0.25, 0.3) is 0 Å². The van der Waals surface area contributed by atoms with E-state index in [1.165, 1.54) is 11.1 Å². The fourth-order valence-corrected chi connectivity index (χ4v) is 2.40. The number of rotatable bonds is 4. The van der Waals surface area contributed by atoms with E-state index in [-0.39, 0.29) is 6.04 Å². The summed E-state index contributed by atoms with van der Waals surface area (Å²) in [6, 6.07) is 11.9. The Morgan fingerprint density at radius 2 is 1.90 bits per heavy atom. The van der Waals surface area contributed by atoms with Gasteiger partial charge in [-0.05, 0) is 29.7 Å². The Morgan fingerprint density at radius 1 is 1.10 bits per heavy atom. The number of hydrogen-bond acceptors (Lipinski definition) is 3. The Hall–Kier alpha value is -2.46. The molecule has 0 aliphatic heterocycles. The largest absolute Gasteiger partial charge is 0.328 e. The van der Waals surface area contributed by atoms with Crippen LogP contribution in [-0.2, 0) is 6.54 Å². The lowest BCUT2D eigenvalue weighted by atomic mass is 10.0. The Labute approximate surface area is 124 Å². The van der Waals surface area contributed by atoms with Gasteiger partial charge in [0.1, 0.15) is 0 Å². The molecule has 0 spiro atoms. The van der Waals surface area contributed by atoms with Crippen LogP contribution in [0.2, 0.25) is 0 Å². The minimum atomic E-state index is -0.175. The molecule has 106 valence electrons. The zero-order chi connectivity index (χ0) is 14.7. The highest BCUT2D eigenvalue weighted by molar-refractivity contribution is 5.28. The zero-order valence-corrected chi connectivity index (χ0v) is 12.0. The minimum absolute atomic E-state index is 0.175. The maximum absolute atomic E-state index is 6.38. The van der Waals surface area contributed by atoms with E-state index < -0.39 is 0 Å². The highest BCUT2D eigenvalue weighted by Gasteiger charge is 2.14. The van der Waals surface area contributed by atoms with Gasteiger partial charge in [0.25, 0.3) is 0 Å². The van der Waals surface area contributed by atoms with Crippen molar-refractivity contribution < 1.29 is 0 Å². The zero-order valence-electron chi connectivity index (χ0n) is 12.0. The first kappa shape index (κ1) is 13.5. The van der Waals surface area contributed by atoms with Crippen LogP contribution in [-0.4, -0.2) is 14.5 Å². The van der Waals surface area contributed by atoms with Crippen molar-refractivity contribution >= 4 is 0 Å². The van der Waals surface area contributed by atoms with Crippen LogP contribution in [0.15, 0.2) is 61.3 Å². The van der Waals surface area contributed by atoms with Crippen molar-refractivity contribution in [1.82, 2.24) is 14.5 Å². The summed E-state index contributed by atoms with van der Waals surface area (Å²) in [6.07, 6.45) is 7.37. The van der Waals surface area contributed by atoms with Crippen molar-refractivity contribution in [3.8, 4) is 0 Å². The van der Waals surface area contributed by atoms with Gasteiger partial charge in [-0.2, -0.15) is 0 Å². The van der Waals surface area contributed by atoms with Crippen molar-refractivity contribution in [2.75, 3.05) is 0 Å². The molecule has 2 N–H and O–H groups in total. The summed E-state index contributed by atoms with van der Waals surface area (Å²) in [5.41, 5.74) is 10.9. The summed E-state index contributed by atoms with van der Waals surface area (Å²) in [4.78, 5) is 8.45. The van der Waals surface area contributed by atoms with Gasteiger partial charge in [-0.1, -0.05) is 30.3 Å². The van der Waals surface area contributed by atoms with E-state index in [1.54, 1.807) is 0 Å². The predicted octanol–water partition coefficient (Wildman–Crippen LogP) is 2.68. The maximum Gasteiger partial charge on any atom is 0.0951 e. The molecule has 0 fully saturated rings. The molecule has 0 aliphatic carbocycles. The normalized spacial score (nSPS) is 12.3. The summed E-state index contributed by atoms with van der Waals surface area (Å²) in [7, 11) is 0. The predicted molar refractivity (Wildman–Crippen MR) is 82.8 cm³/mol. The molecule has 1 aromatic carbocycles. The molecule has 0 saturated heterocycles. The third-order valence-electron chi connectivity index (χ3n) is 3.71. The second kappa shape index (κ2) is 5.89. The van der Waals surface area contributed by atoms with E-state index in [0.29, 0.717) is 0 Å². The molecule has 0 aliphatic rings. The summed E-state index contributed by atoms with van der Waals surface area (Å²) in [5.74, 6) is 0. The molecule has 4 heteroatoms. The van der Waals surface area contributed by atoms with E-state index in [1.807, 2.05) is 61.3 Å². The van der Waals surface area contributed by atoms with Crippen molar-refractivity contribution in [1.29, 1.82) is 0 Å². The number of pyridine rings is 1. The fourth-order valence-electron chi connectivity index (χ4n) is 2.40. The molecule has 0 radical (unpaired) electrons. The molecule has 0 bridgehead atoms.